The number of nitrogens with one attached hydrogen (secondary N) is 1. The summed E-state index contributed by atoms with van der Waals surface area (Å²) in [5.74, 6) is -0.475. The molecule has 4 N–H and O–H groups in total. The zero-order valence-corrected chi connectivity index (χ0v) is 11.9. The van der Waals surface area contributed by atoms with Crippen LogP contribution in [0.3, 0.4) is 0 Å². The van der Waals surface area contributed by atoms with E-state index in [1.165, 1.54) is 19.3 Å². The fourth-order valence-corrected chi connectivity index (χ4v) is 1.49. The van der Waals surface area contributed by atoms with Gasteiger partial charge in [0.05, 0.1) is 19.3 Å². The Morgan fingerprint density at radius 1 is 1.26 bits per heavy atom. The third kappa shape index (κ3) is 15.3. The Morgan fingerprint density at radius 3 is 2.74 bits per heavy atom. The molecule has 6 nitrogen and oxygen atoms in total. The van der Waals surface area contributed by atoms with Crippen molar-refractivity contribution in [2.45, 2.75) is 38.7 Å². The van der Waals surface area contributed by atoms with E-state index in [9.17, 15) is 9.90 Å². The molecule has 0 aromatic rings. The van der Waals surface area contributed by atoms with E-state index in [4.69, 9.17) is 15.2 Å². The molecule has 0 spiro atoms. The number of hydrogen-bond acceptors (Lipinski definition) is 5. The molecule has 0 aromatic heterocycles. The molecule has 0 aliphatic carbocycles. The first-order chi connectivity index (χ1) is 9.16. The summed E-state index contributed by atoms with van der Waals surface area (Å²) in [7, 11) is 0. The number of rotatable bonds is 14. The van der Waals surface area contributed by atoms with Gasteiger partial charge in [0.15, 0.2) is 0 Å². The standard InChI is InChI=1S/C13H28N2O4/c1-2-3-4-5-7-18-10-12(16)9-15-6-8-19-11-13(14)17/h12,15-16H,2-11H2,1H3,(H2,14,17). The lowest BCUT2D eigenvalue weighted by Gasteiger charge is -2.12. The highest BCUT2D eigenvalue weighted by Crippen LogP contribution is 1.99. The number of primary amides is 1. The Kier molecular flexibility index (Phi) is 13.2. The van der Waals surface area contributed by atoms with Crippen LogP contribution < -0.4 is 11.1 Å². The molecule has 0 saturated carbocycles. The number of unbranched alkanes of at least 4 members (excludes halogenated alkanes) is 3. The number of nitrogens with two attached hydrogens (primary N) is 1. The Morgan fingerprint density at radius 2 is 2.05 bits per heavy atom. The predicted octanol–water partition coefficient (Wildman–Crippen LogP) is 0.0357. The maximum Gasteiger partial charge on any atom is 0.243 e. The van der Waals surface area contributed by atoms with Gasteiger partial charge in [0, 0.05) is 19.7 Å². The molecule has 0 aliphatic rings. The summed E-state index contributed by atoms with van der Waals surface area (Å²) >= 11 is 0. The number of amides is 1. The van der Waals surface area contributed by atoms with Crippen LogP contribution in [0.2, 0.25) is 0 Å². The molecule has 0 bridgehead atoms. The maximum atomic E-state index is 10.4. The molecular weight excluding hydrogens is 248 g/mol. The minimum Gasteiger partial charge on any atom is -0.389 e. The molecule has 1 amide bonds. The fraction of sp³-hybridized carbons (Fsp3) is 0.923. The molecule has 0 radical (unpaired) electrons. The molecule has 1 atom stereocenters. The molecule has 0 rings (SSSR count). The fourth-order valence-electron chi connectivity index (χ4n) is 1.49. The second-order valence-corrected chi connectivity index (χ2v) is 4.51. The molecule has 0 aliphatic heterocycles. The summed E-state index contributed by atoms with van der Waals surface area (Å²) in [4.78, 5) is 10.4. The van der Waals surface area contributed by atoms with Crippen molar-refractivity contribution in [3.8, 4) is 0 Å². The summed E-state index contributed by atoms with van der Waals surface area (Å²) < 4.78 is 10.3. The van der Waals surface area contributed by atoms with E-state index in [0.29, 0.717) is 32.9 Å². The molecule has 6 heteroatoms. The Balaban J connectivity index is 3.16. The normalized spacial score (nSPS) is 12.5. The lowest BCUT2D eigenvalue weighted by molar-refractivity contribution is -0.122. The van der Waals surface area contributed by atoms with Crippen molar-refractivity contribution in [2.75, 3.05) is 39.5 Å². The largest absolute Gasteiger partial charge is 0.389 e. The second-order valence-electron chi connectivity index (χ2n) is 4.51. The first-order valence-corrected chi connectivity index (χ1v) is 6.99. The number of carbonyl (C=O) groups excluding carboxylic acids is 1. The molecule has 0 saturated heterocycles. The number of aliphatic hydroxyl groups is 1. The smallest absolute Gasteiger partial charge is 0.243 e. The zero-order valence-electron chi connectivity index (χ0n) is 11.9. The van der Waals surface area contributed by atoms with Crippen molar-refractivity contribution in [3.63, 3.8) is 0 Å². The monoisotopic (exact) mass is 276 g/mol. The summed E-state index contributed by atoms with van der Waals surface area (Å²) in [6, 6.07) is 0. The van der Waals surface area contributed by atoms with Gasteiger partial charge < -0.3 is 25.6 Å². The lowest BCUT2D eigenvalue weighted by atomic mass is 10.2. The molecule has 0 heterocycles. The number of carbonyl (C=O) groups is 1. The zero-order chi connectivity index (χ0) is 14.3. The van der Waals surface area contributed by atoms with Crippen LogP contribution >= 0.6 is 0 Å². The van der Waals surface area contributed by atoms with E-state index in [1.807, 2.05) is 0 Å². The molecule has 1 unspecified atom stereocenters. The van der Waals surface area contributed by atoms with Crippen LogP contribution in [-0.4, -0.2) is 56.6 Å². The predicted molar refractivity (Wildman–Crippen MR) is 73.9 cm³/mol. The quantitative estimate of drug-likeness (QED) is 0.389. The average molecular weight is 276 g/mol. The van der Waals surface area contributed by atoms with Crippen LogP contribution in [0.1, 0.15) is 32.6 Å². The van der Waals surface area contributed by atoms with Gasteiger partial charge >= 0.3 is 0 Å². The van der Waals surface area contributed by atoms with Crippen LogP contribution in [0.5, 0.6) is 0 Å². The number of ether oxygens (including phenoxy) is 2. The van der Waals surface area contributed by atoms with Crippen molar-refractivity contribution >= 4 is 5.91 Å². The third-order valence-corrected chi connectivity index (χ3v) is 2.50. The van der Waals surface area contributed by atoms with E-state index in [1.54, 1.807) is 0 Å². The van der Waals surface area contributed by atoms with Crippen LogP contribution in [0.15, 0.2) is 0 Å². The van der Waals surface area contributed by atoms with Gasteiger partial charge in [-0.1, -0.05) is 26.2 Å². The van der Waals surface area contributed by atoms with Gasteiger partial charge in [0.1, 0.15) is 6.61 Å². The topological polar surface area (TPSA) is 93.8 Å². The van der Waals surface area contributed by atoms with Crippen molar-refractivity contribution in [1.82, 2.24) is 5.32 Å². The van der Waals surface area contributed by atoms with E-state index < -0.39 is 12.0 Å². The Labute approximate surface area is 115 Å². The van der Waals surface area contributed by atoms with Crippen LogP contribution in [-0.2, 0) is 14.3 Å². The Bertz CT molecular complexity index is 215. The minimum absolute atomic E-state index is 0.0644. The van der Waals surface area contributed by atoms with E-state index in [-0.39, 0.29) is 6.61 Å². The van der Waals surface area contributed by atoms with Crippen molar-refractivity contribution in [3.05, 3.63) is 0 Å². The maximum absolute atomic E-state index is 10.4. The van der Waals surface area contributed by atoms with E-state index in [2.05, 4.69) is 12.2 Å². The lowest BCUT2D eigenvalue weighted by Crippen LogP contribution is -2.33. The number of aliphatic hydroxyl groups excluding tert-OH is 1. The highest BCUT2D eigenvalue weighted by atomic mass is 16.5. The van der Waals surface area contributed by atoms with Crippen molar-refractivity contribution < 1.29 is 19.4 Å². The van der Waals surface area contributed by atoms with Gasteiger partial charge in [-0.2, -0.15) is 0 Å². The summed E-state index contributed by atoms with van der Waals surface area (Å²) in [5.41, 5.74) is 4.91. The molecule has 0 aromatic carbocycles. The van der Waals surface area contributed by atoms with Gasteiger partial charge in [-0.15, -0.1) is 0 Å². The summed E-state index contributed by atoms with van der Waals surface area (Å²) in [6.45, 7) is 4.58. The molecule has 19 heavy (non-hydrogen) atoms. The highest BCUT2D eigenvalue weighted by Gasteiger charge is 2.03. The van der Waals surface area contributed by atoms with Gasteiger partial charge in [-0.25, -0.2) is 0 Å². The summed E-state index contributed by atoms with van der Waals surface area (Å²) in [5, 5.41) is 12.6. The molecule has 0 fully saturated rings. The summed E-state index contributed by atoms with van der Waals surface area (Å²) in [6.07, 6.45) is 4.17. The highest BCUT2D eigenvalue weighted by molar-refractivity contribution is 5.74. The third-order valence-electron chi connectivity index (χ3n) is 2.50. The van der Waals surface area contributed by atoms with Gasteiger partial charge in [-0.05, 0) is 6.42 Å². The van der Waals surface area contributed by atoms with Gasteiger partial charge in [-0.3, -0.25) is 4.79 Å². The van der Waals surface area contributed by atoms with Crippen molar-refractivity contribution in [1.29, 1.82) is 0 Å². The minimum atomic E-state index is -0.512. The first kappa shape index (κ1) is 18.3. The Hall–Kier alpha value is -0.690. The average Bonchev–Trinajstić information content (AvgIpc) is 2.37. The number of hydrogen-bond donors (Lipinski definition) is 3. The van der Waals surface area contributed by atoms with Crippen LogP contribution in [0.4, 0.5) is 0 Å². The van der Waals surface area contributed by atoms with Gasteiger partial charge in [0.2, 0.25) is 5.91 Å². The van der Waals surface area contributed by atoms with E-state index in [0.717, 1.165) is 6.42 Å². The van der Waals surface area contributed by atoms with Crippen LogP contribution in [0, 0.1) is 0 Å². The SMILES string of the molecule is CCCCCCOCC(O)CNCCOCC(N)=O. The second kappa shape index (κ2) is 13.7. The van der Waals surface area contributed by atoms with Crippen LogP contribution in [0.25, 0.3) is 0 Å². The van der Waals surface area contributed by atoms with Crippen molar-refractivity contribution in [2.24, 2.45) is 5.73 Å². The molecular formula is C13H28N2O4. The van der Waals surface area contributed by atoms with E-state index >= 15 is 0 Å². The first-order valence-electron chi connectivity index (χ1n) is 6.99. The molecule has 114 valence electrons. The van der Waals surface area contributed by atoms with Gasteiger partial charge in [0.25, 0.3) is 0 Å².